The zero-order valence-corrected chi connectivity index (χ0v) is 52.5. The van der Waals surface area contributed by atoms with Crippen LogP contribution < -0.4 is 0 Å². The summed E-state index contributed by atoms with van der Waals surface area (Å²) in [6.45, 7) is 6.36. The fourth-order valence-electron chi connectivity index (χ4n) is 8.87. The summed E-state index contributed by atoms with van der Waals surface area (Å²) >= 11 is 0. The van der Waals surface area contributed by atoms with Gasteiger partial charge in [0.05, 0.1) is 0 Å². The molecule has 0 aromatic carbocycles. The van der Waals surface area contributed by atoms with E-state index in [1.165, 1.54) is 89.9 Å². The van der Waals surface area contributed by atoms with Crippen LogP contribution in [0.15, 0.2) is 146 Å². The van der Waals surface area contributed by atoms with Gasteiger partial charge in [0.2, 0.25) is 0 Å². The molecule has 0 amide bonds. The molecule has 0 fully saturated rings. The summed E-state index contributed by atoms with van der Waals surface area (Å²) < 4.78 is 16.9. The van der Waals surface area contributed by atoms with Crippen LogP contribution >= 0.6 is 0 Å². The molecule has 0 aliphatic carbocycles. The molecule has 1 unspecified atom stereocenters. The molecule has 6 heteroatoms. The third kappa shape index (κ3) is 66.0. The number of hydrogen-bond donors (Lipinski definition) is 0. The van der Waals surface area contributed by atoms with Crippen LogP contribution in [-0.4, -0.2) is 37.2 Å². The first-order chi connectivity index (χ1) is 40.0. The molecule has 0 saturated heterocycles. The second kappa shape index (κ2) is 67.8. The summed E-state index contributed by atoms with van der Waals surface area (Å²) in [6.07, 6.45) is 97.2. The molecule has 0 N–H and O–H groups in total. The number of unbranched alkanes of at least 4 members (excludes halogenated alkanes) is 24. The van der Waals surface area contributed by atoms with E-state index < -0.39 is 6.10 Å². The van der Waals surface area contributed by atoms with Gasteiger partial charge in [-0.2, -0.15) is 0 Å². The van der Waals surface area contributed by atoms with Gasteiger partial charge in [-0.1, -0.05) is 282 Å². The molecule has 0 heterocycles. The maximum absolute atomic E-state index is 12.9. The summed E-state index contributed by atoms with van der Waals surface area (Å²) in [7, 11) is 0. The second-order valence-corrected chi connectivity index (χ2v) is 21.6. The standard InChI is InChI=1S/C75H122O6/c1-4-7-10-13-16-19-22-24-26-28-30-32-34-36-37-39-40-42-44-46-48-50-53-56-59-62-65-68-74(77)80-71-72(70-79-73(76)67-64-61-58-55-52-21-18-15-12-9-6-3)81-75(78)69-66-63-60-57-54-51-49-47-45-43-41-38-35-33-31-29-27-25-23-20-17-14-11-8-5-2/h7-8,10-11,15-20,24-27,30-33,36-37,40,42,46,48,72H,4-6,9,12-14,21-23,28-29,34-35,38-39,41,43-45,47,49-71H2,1-3H3/b10-7-,11-8-,18-15-,19-16-,20-17-,26-24-,27-25-,32-30-,33-31-,37-36-,42-40-,48-46-. The summed E-state index contributed by atoms with van der Waals surface area (Å²) in [5.41, 5.74) is 0. The highest BCUT2D eigenvalue weighted by Crippen LogP contribution is 2.16. The molecule has 0 rings (SSSR count). The van der Waals surface area contributed by atoms with Crippen LogP contribution in [0.2, 0.25) is 0 Å². The van der Waals surface area contributed by atoms with Crippen LogP contribution in [0.3, 0.4) is 0 Å². The van der Waals surface area contributed by atoms with Crippen LogP contribution in [0.25, 0.3) is 0 Å². The molecule has 0 saturated carbocycles. The Morgan fingerprint density at radius 3 is 0.765 bits per heavy atom. The van der Waals surface area contributed by atoms with Crippen molar-refractivity contribution in [2.45, 2.75) is 297 Å². The molecular weight excluding hydrogens is 997 g/mol. The minimum Gasteiger partial charge on any atom is -0.462 e. The van der Waals surface area contributed by atoms with Crippen molar-refractivity contribution in [1.29, 1.82) is 0 Å². The molecule has 1 atom stereocenters. The average molecular weight is 1120 g/mol. The third-order valence-corrected chi connectivity index (χ3v) is 13.8. The molecule has 0 radical (unpaired) electrons. The number of ether oxygens (including phenoxy) is 3. The van der Waals surface area contributed by atoms with Gasteiger partial charge in [-0.05, 0) is 135 Å². The molecule has 0 spiro atoms. The molecular formula is C75H122O6. The van der Waals surface area contributed by atoms with Crippen molar-refractivity contribution >= 4 is 17.9 Å². The van der Waals surface area contributed by atoms with E-state index in [9.17, 15) is 14.4 Å². The third-order valence-electron chi connectivity index (χ3n) is 13.8. The summed E-state index contributed by atoms with van der Waals surface area (Å²) in [5.74, 6) is -0.922. The Bertz CT molecular complexity index is 1760. The zero-order chi connectivity index (χ0) is 58.5. The Morgan fingerprint density at radius 2 is 0.481 bits per heavy atom. The highest BCUT2D eigenvalue weighted by atomic mass is 16.6. The first-order valence-corrected chi connectivity index (χ1v) is 33.3. The van der Waals surface area contributed by atoms with Crippen LogP contribution in [0.1, 0.15) is 290 Å². The van der Waals surface area contributed by atoms with Crippen molar-refractivity contribution in [2.24, 2.45) is 0 Å². The second-order valence-electron chi connectivity index (χ2n) is 21.6. The number of rotatable bonds is 59. The maximum Gasteiger partial charge on any atom is 0.306 e. The van der Waals surface area contributed by atoms with E-state index in [1.807, 2.05) is 0 Å². The normalized spacial score (nSPS) is 13.1. The van der Waals surface area contributed by atoms with Crippen molar-refractivity contribution in [3.63, 3.8) is 0 Å². The molecule has 0 aliphatic rings. The Hall–Kier alpha value is -4.71. The van der Waals surface area contributed by atoms with Gasteiger partial charge >= 0.3 is 17.9 Å². The summed E-state index contributed by atoms with van der Waals surface area (Å²) in [6, 6.07) is 0. The van der Waals surface area contributed by atoms with Gasteiger partial charge in [0, 0.05) is 19.3 Å². The Kier molecular flexibility index (Phi) is 63.9. The predicted molar refractivity (Wildman–Crippen MR) is 352 cm³/mol. The van der Waals surface area contributed by atoms with Gasteiger partial charge in [-0.25, -0.2) is 0 Å². The summed E-state index contributed by atoms with van der Waals surface area (Å²) in [5, 5.41) is 0. The molecule has 0 aromatic heterocycles. The number of carbonyl (C=O) groups excluding carboxylic acids is 3. The highest BCUT2D eigenvalue weighted by molar-refractivity contribution is 5.71. The quantitative estimate of drug-likeness (QED) is 0.0261. The van der Waals surface area contributed by atoms with Crippen LogP contribution in [0, 0.1) is 0 Å². The number of hydrogen-bond acceptors (Lipinski definition) is 6. The Labute approximate surface area is 499 Å². The predicted octanol–water partition coefficient (Wildman–Crippen LogP) is 23.1. The van der Waals surface area contributed by atoms with E-state index in [-0.39, 0.29) is 31.1 Å². The first kappa shape index (κ1) is 76.3. The highest BCUT2D eigenvalue weighted by Gasteiger charge is 2.19. The molecule has 81 heavy (non-hydrogen) atoms. The lowest BCUT2D eigenvalue weighted by Gasteiger charge is -2.18. The molecule has 0 aliphatic heterocycles. The van der Waals surface area contributed by atoms with Crippen molar-refractivity contribution in [1.82, 2.24) is 0 Å². The largest absolute Gasteiger partial charge is 0.462 e. The van der Waals surface area contributed by atoms with Crippen molar-refractivity contribution in [2.75, 3.05) is 13.2 Å². The first-order valence-electron chi connectivity index (χ1n) is 33.3. The van der Waals surface area contributed by atoms with Gasteiger partial charge in [0.1, 0.15) is 13.2 Å². The molecule has 0 bridgehead atoms. The number of carbonyl (C=O) groups is 3. The van der Waals surface area contributed by atoms with Crippen molar-refractivity contribution < 1.29 is 28.6 Å². The average Bonchev–Trinajstić information content (AvgIpc) is 3.47. The van der Waals surface area contributed by atoms with Crippen molar-refractivity contribution in [3.8, 4) is 0 Å². The lowest BCUT2D eigenvalue weighted by molar-refractivity contribution is -0.167. The smallest absolute Gasteiger partial charge is 0.306 e. The Morgan fingerprint density at radius 1 is 0.259 bits per heavy atom. The fourth-order valence-corrected chi connectivity index (χ4v) is 8.87. The van der Waals surface area contributed by atoms with E-state index in [0.717, 1.165) is 161 Å². The topological polar surface area (TPSA) is 78.9 Å². The van der Waals surface area contributed by atoms with E-state index in [4.69, 9.17) is 14.2 Å². The minimum absolute atomic E-state index is 0.0932. The van der Waals surface area contributed by atoms with Crippen molar-refractivity contribution in [3.05, 3.63) is 146 Å². The molecule has 0 aromatic rings. The monoisotopic (exact) mass is 1120 g/mol. The van der Waals surface area contributed by atoms with E-state index in [2.05, 4.69) is 167 Å². The zero-order valence-electron chi connectivity index (χ0n) is 52.5. The number of esters is 3. The molecule has 458 valence electrons. The van der Waals surface area contributed by atoms with Gasteiger partial charge < -0.3 is 14.2 Å². The van der Waals surface area contributed by atoms with E-state index in [0.29, 0.717) is 19.3 Å². The van der Waals surface area contributed by atoms with Gasteiger partial charge in [-0.15, -0.1) is 0 Å². The fraction of sp³-hybridized carbons (Fsp3) is 0.640. The molecule has 6 nitrogen and oxygen atoms in total. The SMILES string of the molecule is CC/C=C\C/C=C\C/C=C\C/C=C\C/C=C\C/C=C\C/C=C\CCCCCCCC(=O)OCC(COC(=O)CCCCCCC/C=C\CCCC)OC(=O)CCCCCCCCCCCCCC/C=C\C/C=C\C/C=C\C/C=C\CC. The summed E-state index contributed by atoms with van der Waals surface area (Å²) in [4.78, 5) is 38.3. The van der Waals surface area contributed by atoms with Crippen LogP contribution in [0.5, 0.6) is 0 Å². The number of allylic oxidation sites excluding steroid dienone is 24. The van der Waals surface area contributed by atoms with Crippen LogP contribution in [-0.2, 0) is 28.6 Å². The van der Waals surface area contributed by atoms with E-state index >= 15 is 0 Å². The maximum atomic E-state index is 12.9. The van der Waals surface area contributed by atoms with E-state index in [1.54, 1.807) is 0 Å². The van der Waals surface area contributed by atoms with Gasteiger partial charge in [-0.3, -0.25) is 14.4 Å². The lowest BCUT2D eigenvalue weighted by Crippen LogP contribution is -2.30. The minimum atomic E-state index is -0.798. The van der Waals surface area contributed by atoms with Crippen LogP contribution in [0.4, 0.5) is 0 Å². The lowest BCUT2D eigenvalue weighted by atomic mass is 10.0. The Balaban J connectivity index is 4.34. The van der Waals surface area contributed by atoms with Gasteiger partial charge in [0.15, 0.2) is 6.10 Å². The van der Waals surface area contributed by atoms with Gasteiger partial charge in [0.25, 0.3) is 0 Å².